The summed E-state index contributed by atoms with van der Waals surface area (Å²) in [4.78, 5) is 17.7. The van der Waals surface area contributed by atoms with Crippen molar-refractivity contribution in [2.24, 2.45) is 5.92 Å². The molecule has 1 fully saturated rings. The lowest BCUT2D eigenvalue weighted by molar-refractivity contribution is -0.149. The van der Waals surface area contributed by atoms with Gasteiger partial charge in [0.25, 0.3) is 0 Å². The van der Waals surface area contributed by atoms with Gasteiger partial charge < -0.3 is 10.2 Å². The Kier molecular flexibility index (Phi) is 5.76. The molecule has 2 heterocycles. The van der Waals surface area contributed by atoms with Gasteiger partial charge in [-0.2, -0.15) is 13.2 Å². The number of amides is 1. The van der Waals surface area contributed by atoms with Crippen LogP contribution in [0.2, 0.25) is 0 Å². The van der Waals surface area contributed by atoms with Gasteiger partial charge in [0.2, 0.25) is 5.91 Å². The van der Waals surface area contributed by atoms with Crippen molar-refractivity contribution < 1.29 is 18.0 Å². The second-order valence-electron chi connectivity index (χ2n) is 5.61. The van der Waals surface area contributed by atoms with Gasteiger partial charge in [0.05, 0.1) is 6.42 Å². The molecule has 22 heavy (non-hydrogen) atoms. The average molecular weight is 315 g/mol. The molecule has 1 atom stereocenters. The molecule has 1 aromatic rings. The third kappa shape index (κ3) is 5.63. The largest absolute Gasteiger partial charge is 0.389 e. The lowest BCUT2D eigenvalue weighted by Gasteiger charge is -2.26. The van der Waals surface area contributed by atoms with Crippen molar-refractivity contribution in [3.05, 3.63) is 30.1 Å². The summed E-state index contributed by atoms with van der Waals surface area (Å²) in [6.07, 6.45) is -1.67. The molecule has 2 rings (SSSR count). The number of nitrogens with zero attached hydrogens (tertiary/aromatic N) is 2. The predicted molar refractivity (Wildman–Crippen MR) is 75.9 cm³/mol. The van der Waals surface area contributed by atoms with Gasteiger partial charge >= 0.3 is 6.18 Å². The van der Waals surface area contributed by atoms with Crippen LogP contribution in [0.25, 0.3) is 0 Å². The lowest BCUT2D eigenvalue weighted by Crippen LogP contribution is -2.36. The van der Waals surface area contributed by atoms with E-state index in [-0.39, 0.29) is 0 Å². The van der Waals surface area contributed by atoms with Crippen molar-refractivity contribution in [1.82, 2.24) is 15.2 Å². The molecule has 1 saturated heterocycles. The SMILES string of the molecule is O=C(CCC(F)(F)F)N(Cc1cccnc1)CC1CCNC1. The first-order valence-electron chi connectivity index (χ1n) is 7.38. The van der Waals surface area contributed by atoms with Gasteiger partial charge in [-0.25, -0.2) is 0 Å². The Morgan fingerprint density at radius 2 is 2.27 bits per heavy atom. The fourth-order valence-corrected chi connectivity index (χ4v) is 2.56. The Morgan fingerprint density at radius 3 is 2.86 bits per heavy atom. The smallest absolute Gasteiger partial charge is 0.338 e. The summed E-state index contributed by atoms with van der Waals surface area (Å²) in [5, 5.41) is 3.21. The molecular weight excluding hydrogens is 295 g/mol. The van der Waals surface area contributed by atoms with Crippen molar-refractivity contribution in [3.63, 3.8) is 0 Å². The highest BCUT2D eigenvalue weighted by Gasteiger charge is 2.30. The van der Waals surface area contributed by atoms with E-state index in [1.54, 1.807) is 18.5 Å². The van der Waals surface area contributed by atoms with Crippen LogP contribution in [-0.4, -0.2) is 41.6 Å². The van der Waals surface area contributed by atoms with Gasteiger partial charge in [0.15, 0.2) is 0 Å². The standard InChI is InChI=1S/C15H20F3N3O/c16-15(17,18)5-3-14(22)21(11-13-4-7-20-9-13)10-12-2-1-6-19-8-12/h1-2,6,8,13,20H,3-5,7,9-11H2. The van der Waals surface area contributed by atoms with Crippen molar-refractivity contribution in [3.8, 4) is 0 Å². The van der Waals surface area contributed by atoms with Crippen LogP contribution < -0.4 is 5.32 Å². The quantitative estimate of drug-likeness (QED) is 0.876. The minimum Gasteiger partial charge on any atom is -0.338 e. The van der Waals surface area contributed by atoms with Crippen LogP contribution >= 0.6 is 0 Å². The van der Waals surface area contributed by atoms with Gasteiger partial charge in [-0.15, -0.1) is 0 Å². The van der Waals surface area contributed by atoms with Crippen LogP contribution in [0.4, 0.5) is 13.2 Å². The summed E-state index contributed by atoms with van der Waals surface area (Å²) >= 11 is 0. The summed E-state index contributed by atoms with van der Waals surface area (Å²) in [6.45, 7) is 2.48. The highest BCUT2D eigenvalue weighted by Crippen LogP contribution is 2.23. The molecule has 4 nitrogen and oxygen atoms in total. The van der Waals surface area contributed by atoms with E-state index in [1.165, 1.54) is 4.90 Å². The third-order valence-electron chi connectivity index (χ3n) is 3.71. The first kappa shape index (κ1) is 16.7. The molecule has 0 radical (unpaired) electrons. The van der Waals surface area contributed by atoms with E-state index in [9.17, 15) is 18.0 Å². The number of nitrogens with one attached hydrogen (secondary N) is 1. The summed E-state index contributed by atoms with van der Waals surface area (Å²) in [5.74, 6) is -0.153. The molecule has 1 amide bonds. The summed E-state index contributed by atoms with van der Waals surface area (Å²) in [6, 6.07) is 3.58. The van der Waals surface area contributed by atoms with Crippen molar-refractivity contribution >= 4 is 5.91 Å². The molecule has 122 valence electrons. The van der Waals surface area contributed by atoms with Gasteiger partial charge in [0, 0.05) is 31.9 Å². The topological polar surface area (TPSA) is 45.2 Å². The van der Waals surface area contributed by atoms with Crippen molar-refractivity contribution in [2.45, 2.75) is 32.0 Å². The van der Waals surface area contributed by atoms with E-state index in [0.29, 0.717) is 19.0 Å². The molecule has 0 aliphatic carbocycles. The van der Waals surface area contributed by atoms with Crippen molar-refractivity contribution in [2.75, 3.05) is 19.6 Å². The van der Waals surface area contributed by atoms with E-state index in [1.807, 2.05) is 6.07 Å². The second-order valence-corrected chi connectivity index (χ2v) is 5.61. The van der Waals surface area contributed by atoms with Crippen molar-refractivity contribution in [1.29, 1.82) is 0 Å². The van der Waals surface area contributed by atoms with E-state index >= 15 is 0 Å². The molecule has 1 aliphatic rings. The molecule has 1 N–H and O–H groups in total. The number of hydrogen-bond donors (Lipinski definition) is 1. The number of hydrogen-bond acceptors (Lipinski definition) is 3. The molecule has 0 spiro atoms. The summed E-state index contributed by atoms with van der Waals surface area (Å²) in [7, 11) is 0. The number of alkyl halides is 3. The zero-order valence-electron chi connectivity index (χ0n) is 12.3. The Hall–Kier alpha value is -1.63. The first-order chi connectivity index (χ1) is 10.4. The highest BCUT2D eigenvalue weighted by atomic mass is 19.4. The zero-order valence-corrected chi connectivity index (χ0v) is 12.3. The van der Waals surface area contributed by atoms with Crippen LogP contribution in [0.3, 0.4) is 0 Å². The average Bonchev–Trinajstić information content (AvgIpc) is 2.97. The predicted octanol–water partition coefficient (Wildman–Crippen LogP) is 2.36. The van der Waals surface area contributed by atoms with Crippen LogP contribution in [0.5, 0.6) is 0 Å². The Balaban J connectivity index is 1.98. The maximum Gasteiger partial charge on any atom is 0.389 e. The van der Waals surface area contributed by atoms with E-state index in [0.717, 1.165) is 25.1 Å². The van der Waals surface area contributed by atoms with Gasteiger partial charge in [-0.1, -0.05) is 6.07 Å². The number of halogens is 3. The lowest BCUT2D eigenvalue weighted by atomic mass is 10.1. The monoisotopic (exact) mass is 315 g/mol. The molecule has 0 saturated carbocycles. The first-order valence-corrected chi connectivity index (χ1v) is 7.38. The van der Waals surface area contributed by atoms with Gasteiger partial charge in [0.1, 0.15) is 0 Å². The molecule has 1 aromatic heterocycles. The molecule has 7 heteroatoms. The van der Waals surface area contributed by atoms with Crippen LogP contribution in [-0.2, 0) is 11.3 Å². The highest BCUT2D eigenvalue weighted by molar-refractivity contribution is 5.76. The van der Waals surface area contributed by atoms with E-state index in [2.05, 4.69) is 10.3 Å². The fraction of sp³-hybridized carbons (Fsp3) is 0.600. The molecule has 1 aliphatic heterocycles. The van der Waals surface area contributed by atoms with Crippen LogP contribution in [0, 0.1) is 5.92 Å². The molecule has 0 aromatic carbocycles. The summed E-state index contributed by atoms with van der Waals surface area (Å²) in [5.41, 5.74) is 0.828. The minimum atomic E-state index is -4.30. The number of carbonyl (C=O) groups excluding carboxylic acids is 1. The Labute approximate surface area is 127 Å². The maximum absolute atomic E-state index is 12.3. The van der Waals surface area contributed by atoms with Gasteiger partial charge in [-0.05, 0) is 37.1 Å². The maximum atomic E-state index is 12.3. The minimum absolute atomic E-state index is 0.298. The van der Waals surface area contributed by atoms with Crippen LogP contribution in [0.15, 0.2) is 24.5 Å². The Morgan fingerprint density at radius 1 is 1.45 bits per heavy atom. The summed E-state index contributed by atoms with van der Waals surface area (Å²) < 4.78 is 37.0. The zero-order chi connectivity index (χ0) is 16.0. The number of carbonyl (C=O) groups is 1. The second kappa shape index (κ2) is 7.58. The normalized spacial score (nSPS) is 18.4. The fourth-order valence-electron chi connectivity index (χ4n) is 2.56. The van der Waals surface area contributed by atoms with E-state index < -0.39 is 24.9 Å². The Bertz CT molecular complexity index is 473. The number of rotatable bonds is 6. The van der Waals surface area contributed by atoms with Crippen LogP contribution in [0.1, 0.15) is 24.8 Å². The molecule has 0 bridgehead atoms. The molecule has 1 unspecified atom stereocenters. The number of pyridine rings is 1. The van der Waals surface area contributed by atoms with Gasteiger partial charge in [-0.3, -0.25) is 9.78 Å². The van der Waals surface area contributed by atoms with E-state index in [4.69, 9.17) is 0 Å². The third-order valence-corrected chi connectivity index (χ3v) is 3.71. The molecular formula is C15H20F3N3O. The number of aromatic nitrogens is 1.